The lowest BCUT2D eigenvalue weighted by Crippen LogP contribution is -2.30. The van der Waals surface area contributed by atoms with Crippen molar-refractivity contribution < 1.29 is 9.53 Å². The quantitative estimate of drug-likeness (QED) is 0.490. The number of ether oxygens (including phenoxy) is 1. The number of pyridine rings is 1. The zero-order valence-electron chi connectivity index (χ0n) is 17.4. The maximum Gasteiger partial charge on any atom is 0.274 e. The average Bonchev–Trinajstić information content (AvgIpc) is 3.10. The van der Waals surface area contributed by atoms with Gasteiger partial charge in [0.2, 0.25) is 0 Å². The summed E-state index contributed by atoms with van der Waals surface area (Å²) in [6.45, 7) is 7.40. The molecule has 1 amide bonds. The minimum Gasteiger partial charge on any atom is -0.379 e. The van der Waals surface area contributed by atoms with Gasteiger partial charge in [0.15, 0.2) is 5.82 Å². The lowest BCUT2D eigenvalue weighted by Gasteiger charge is -2.23. The van der Waals surface area contributed by atoms with Crippen molar-refractivity contribution in [3.63, 3.8) is 0 Å². The molecule has 3 heterocycles. The van der Waals surface area contributed by atoms with Crippen molar-refractivity contribution >= 4 is 46.6 Å². The van der Waals surface area contributed by atoms with Gasteiger partial charge < -0.3 is 10.1 Å². The molecular formula is C22H22Cl2N4O2S. The fraction of sp³-hybridized carbons (Fsp3) is 0.318. The largest absolute Gasteiger partial charge is 0.379 e. The van der Waals surface area contributed by atoms with Crippen molar-refractivity contribution in [3.8, 4) is 5.82 Å². The zero-order valence-corrected chi connectivity index (χ0v) is 19.7. The second-order valence-electron chi connectivity index (χ2n) is 7.66. The molecule has 6 nitrogen and oxygen atoms in total. The molecule has 2 aromatic heterocycles. The number of anilines is 1. The number of hydrogen-bond donors (Lipinski definition) is 1. The Labute approximate surface area is 195 Å². The molecule has 0 bridgehead atoms. The Morgan fingerprint density at radius 1 is 1.29 bits per heavy atom. The number of thioether (sulfide) groups is 1. The predicted octanol–water partition coefficient (Wildman–Crippen LogP) is 5.75. The molecule has 1 saturated heterocycles. The van der Waals surface area contributed by atoms with Crippen molar-refractivity contribution in [2.45, 2.75) is 37.0 Å². The number of hydrogen-bond acceptors (Lipinski definition) is 5. The van der Waals surface area contributed by atoms with Crippen LogP contribution in [0.1, 0.15) is 41.4 Å². The molecule has 0 atom stereocenters. The number of benzene rings is 1. The van der Waals surface area contributed by atoms with Crippen molar-refractivity contribution in [2.24, 2.45) is 0 Å². The lowest BCUT2D eigenvalue weighted by atomic mass is 9.98. The summed E-state index contributed by atoms with van der Waals surface area (Å²) >= 11 is 14.2. The molecule has 1 aliphatic heterocycles. The zero-order chi connectivity index (χ0) is 22.1. The standard InChI is InChI=1S/C22H22Cl2N4O2S/c1-12(2)16-8-14(23)7-13(3)20(16)26-22(29)18-9-19(31-15-10-30-11-15)27-28(18)21-17(24)5-4-6-25-21/h4-9,12,15H,10-11H2,1-3H3,(H,26,29). The van der Waals surface area contributed by atoms with Gasteiger partial charge in [-0.3, -0.25) is 4.79 Å². The number of carbonyl (C=O) groups is 1. The summed E-state index contributed by atoms with van der Waals surface area (Å²) in [5, 5.41) is 9.78. The molecular weight excluding hydrogens is 455 g/mol. The number of rotatable bonds is 6. The Morgan fingerprint density at radius 3 is 2.71 bits per heavy atom. The first-order valence-electron chi connectivity index (χ1n) is 9.90. The van der Waals surface area contributed by atoms with Gasteiger partial charge in [-0.15, -0.1) is 0 Å². The van der Waals surface area contributed by atoms with Crippen LogP contribution in [0.2, 0.25) is 10.0 Å². The molecule has 31 heavy (non-hydrogen) atoms. The predicted molar refractivity (Wildman–Crippen MR) is 125 cm³/mol. The van der Waals surface area contributed by atoms with Gasteiger partial charge in [0, 0.05) is 23.0 Å². The number of aryl methyl sites for hydroxylation is 1. The molecule has 0 radical (unpaired) electrons. The highest BCUT2D eigenvalue weighted by molar-refractivity contribution is 8.00. The summed E-state index contributed by atoms with van der Waals surface area (Å²) in [7, 11) is 0. The molecule has 0 spiro atoms. The van der Waals surface area contributed by atoms with Crippen LogP contribution in [-0.4, -0.2) is 39.1 Å². The van der Waals surface area contributed by atoms with Gasteiger partial charge >= 0.3 is 0 Å². The molecule has 1 aliphatic rings. The number of nitrogens with zero attached hydrogens (tertiary/aromatic N) is 3. The Kier molecular flexibility index (Phi) is 6.57. The van der Waals surface area contributed by atoms with Gasteiger partial charge in [-0.25, -0.2) is 9.67 Å². The van der Waals surface area contributed by atoms with Gasteiger partial charge in [0.25, 0.3) is 5.91 Å². The smallest absolute Gasteiger partial charge is 0.274 e. The molecule has 0 aliphatic carbocycles. The lowest BCUT2D eigenvalue weighted by molar-refractivity contribution is 0.0454. The van der Waals surface area contributed by atoms with Gasteiger partial charge in [-0.2, -0.15) is 5.10 Å². The Balaban J connectivity index is 1.73. The van der Waals surface area contributed by atoms with E-state index in [2.05, 4.69) is 29.2 Å². The van der Waals surface area contributed by atoms with E-state index in [0.717, 1.165) is 21.8 Å². The second-order valence-corrected chi connectivity index (χ2v) is 9.83. The van der Waals surface area contributed by atoms with Crippen LogP contribution in [-0.2, 0) is 4.74 Å². The number of aromatic nitrogens is 3. The molecule has 0 unspecified atom stereocenters. The van der Waals surface area contributed by atoms with Crippen LogP contribution in [0.5, 0.6) is 0 Å². The molecule has 1 aromatic carbocycles. The van der Waals surface area contributed by atoms with E-state index in [9.17, 15) is 4.79 Å². The minimum absolute atomic E-state index is 0.188. The fourth-order valence-electron chi connectivity index (χ4n) is 3.30. The number of carbonyl (C=O) groups excluding carboxylic acids is 1. The van der Waals surface area contributed by atoms with E-state index in [4.69, 9.17) is 27.9 Å². The van der Waals surface area contributed by atoms with Gasteiger partial charge in [0.1, 0.15) is 10.7 Å². The van der Waals surface area contributed by atoms with Crippen molar-refractivity contribution in [3.05, 3.63) is 63.4 Å². The normalized spacial score (nSPS) is 14.0. The third-order valence-electron chi connectivity index (χ3n) is 4.95. The third-order valence-corrected chi connectivity index (χ3v) is 6.51. The molecule has 1 fully saturated rings. The summed E-state index contributed by atoms with van der Waals surface area (Å²) in [6.07, 6.45) is 1.62. The Hall–Kier alpha value is -2.06. The van der Waals surface area contributed by atoms with Crippen LogP contribution < -0.4 is 5.32 Å². The summed E-state index contributed by atoms with van der Waals surface area (Å²) in [6, 6.07) is 8.96. The van der Waals surface area contributed by atoms with E-state index >= 15 is 0 Å². The Morgan fingerprint density at radius 2 is 2.06 bits per heavy atom. The van der Waals surface area contributed by atoms with E-state index < -0.39 is 0 Å². The SMILES string of the molecule is Cc1cc(Cl)cc(C(C)C)c1NC(=O)c1cc(SC2COC2)nn1-c1ncccc1Cl. The number of amides is 1. The second kappa shape index (κ2) is 9.20. The molecule has 4 rings (SSSR count). The average molecular weight is 477 g/mol. The molecule has 162 valence electrons. The van der Waals surface area contributed by atoms with Crippen LogP contribution in [0.3, 0.4) is 0 Å². The van der Waals surface area contributed by atoms with E-state index in [1.807, 2.05) is 19.1 Å². The molecule has 9 heteroatoms. The maximum absolute atomic E-state index is 13.4. The Bertz CT molecular complexity index is 1130. The van der Waals surface area contributed by atoms with E-state index in [1.54, 1.807) is 36.2 Å². The minimum atomic E-state index is -0.293. The van der Waals surface area contributed by atoms with Crippen molar-refractivity contribution in [2.75, 3.05) is 18.5 Å². The third kappa shape index (κ3) is 4.75. The van der Waals surface area contributed by atoms with Crippen LogP contribution in [0, 0.1) is 6.92 Å². The fourth-order valence-corrected chi connectivity index (χ4v) is 4.76. The van der Waals surface area contributed by atoms with Gasteiger partial charge in [-0.05, 0) is 48.2 Å². The first-order chi connectivity index (χ1) is 14.8. The molecule has 3 aromatic rings. The highest BCUT2D eigenvalue weighted by Gasteiger charge is 2.25. The summed E-state index contributed by atoms with van der Waals surface area (Å²) in [4.78, 5) is 17.7. The maximum atomic E-state index is 13.4. The van der Waals surface area contributed by atoms with Crippen molar-refractivity contribution in [1.29, 1.82) is 0 Å². The van der Waals surface area contributed by atoms with Crippen LogP contribution in [0.25, 0.3) is 5.82 Å². The van der Waals surface area contributed by atoms with E-state index in [1.165, 1.54) is 4.68 Å². The first-order valence-corrected chi connectivity index (χ1v) is 11.5. The molecule has 1 N–H and O–H groups in total. The van der Waals surface area contributed by atoms with Gasteiger partial charge in [0.05, 0.1) is 23.5 Å². The molecule has 0 saturated carbocycles. The van der Waals surface area contributed by atoms with Crippen LogP contribution in [0.4, 0.5) is 5.69 Å². The van der Waals surface area contributed by atoms with E-state index in [-0.39, 0.29) is 11.8 Å². The first kappa shape index (κ1) is 22.1. The monoisotopic (exact) mass is 476 g/mol. The highest BCUT2D eigenvalue weighted by atomic mass is 35.5. The van der Waals surface area contributed by atoms with Crippen LogP contribution in [0.15, 0.2) is 41.6 Å². The summed E-state index contributed by atoms with van der Waals surface area (Å²) in [5.74, 6) is 0.300. The summed E-state index contributed by atoms with van der Waals surface area (Å²) < 4.78 is 6.75. The number of nitrogens with one attached hydrogen (secondary N) is 1. The topological polar surface area (TPSA) is 69.0 Å². The highest BCUT2D eigenvalue weighted by Crippen LogP contribution is 2.33. The van der Waals surface area contributed by atoms with Crippen LogP contribution >= 0.6 is 35.0 Å². The van der Waals surface area contributed by atoms with Gasteiger partial charge in [-0.1, -0.05) is 48.8 Å². The number of halogens is 2. The van der Waals surface area contributed by atoms with Crippen molar-refractivity contribution in [1.82, 2.24) is 14.8 Å². The summed E-state index contributed by atoms with van der Waals surface area (Å²) in [5.41, 5.74) is 2.98. The van der Waals surface area contributed by atoms with E-state index in [0.29, 0.717) is 40.0 Å².